The lowest BCUT2D eigenvalue weighted by Crippen LogP contribution is -2.35. The van der Waals surface area contributed by atoms with E-state index in [1.54, 1.807) is 19.1 Å². The zero-order chi connectivity index (χ0) is 15.2. The molecule has 0 unspecified atom stereocenters. The lowest BCUT2D eigenvalue weighted by molar-refractivity contribution is 0.179. The summed E-state index contributed by atoms with van der Waals surface area (Å²) < 4.78 is 31.4. The second-order valence-electron chi connectivity index (χ2n) is 4.17. The summed E-state index contributed by atoms with van der Waals surface area (Å²) in [6, 6.07) is 6.71. The summed E-state index contributed by atoms with van der Waals surface area (Å²) in [5.74, 6) is 0. The highest BCUT2D eigenvalue weighted by molar-refractivity contribution is 7.89. The van der Waals surface area contributed by atoms with E-state index in [4.69, 9.17) is 21.6 Å². The van der Waals surface area contributed by atoms with Crippen LogP contribution >= 0.6 is 11.6 Å². The molecule has 0 radical (unpaired) electrons. The van der Waals surface area contributed by atoms with Crippen LogP contribution in [-0.4, -0.2) is 39.5 Å². The molecular weight excluding hydrogens is 300 g/mol. The smallest absolute Gasteiger partial charge is 0.243 e. The van der Waals surface area contributed by atoms with Crippen LogP contribution in [0.3, 0.4) is 0 Å². The first-order chi connectivity index (χ1) is 9.45. The van der Waals surface area contributed by atoms with E-state index in [0.29, 0.717) is 10.6 Å². The molecule has 1 rings (SSSR count). The summed E-state index contributed by atoms with van der Waals surface area (Å²) in [4.78, 5) is 0.166. The Kier molecular flexibility index (Phi) is 6.43. The van der Waals surface area contributed by atoms with Crippen molar-refractivity contribution in [3.05, 3.63) is 28.8 Å². The molecule has 5 nitrogen and oxygen atoms in total. The van der Waals surface area contributed by atoms with Crippen molar-refractivity contribution in [2.24, 2.45) is 0 Å². The minimum absolute atomic E-state index is 0.128. The summed E-state index contributed by atoms with van der Waals surface area (Å²) in [7, 11) is -2.18. The molecule has 0 saturated carbocycles. The average Bonchev–Trinajstić information content (AvgIpc) is 2.41. The number of rotatable bonds is 7. The van der Waals surface area contributed by atoms with Gasteiger partial charge in [0.1, 0.15) is 0 Å². The maximum Gasteiger partial charge on any atom is 0.243 e. The van der Waals surface area contributed by atoms with Crippen LogP contribution in [0, 0.1) is 18.3 Å². The van der Waals surface area contributed by atoms with Crippen LogP contribution in [0.2, 0.25) is 5.02 Å². The third-order valence-electron chi connectivity index (χ3n) is 2.85. The maximum absolute atomic E-state index is 12.6. The SMILES string of the molecule is COCCN(CCC#N)S(=O)(=O)c1cccc(Cl)c1C. The fraction of sp³-hybridized carbons (Fsp3) is 0.462. The highest BCUT2D eigenvalue weighted by Crippen LogP contribution is 2.25. The summed E-state index contributed by atoms with van der Waals surface area (Å²) in [6.45, 7) is 2.26. The molecule has 0 aliphatic rings. The molecule has 0 fully saturated rings. The Morgan fingerprint density at radius 1 is 1.40 bits per heavy atom. The van der Waals surface area contributed by atoms with Crippen LogP contribution in [-0.2, 0) is 14.8 Å². The lowest BCUT2D eigenvalue weighted by Gasteiger charge is -2.22. The Hall–Kier alpha value is -1.13. The topological polar surface area (TPSA) is 70.4 Å². The molecule has 110 valence electrons. The van der Waals surface area contributed by atoms with Gasteiger partial charge < -0.3 is 4.74 Å². The Morgan fingerprint density at radius 2 is 2.10 bits per heavy atom. The quantitative estimate of drug-likeness (QED) is 0.773. The Morgan fingerprint density at radius 3 is 2.70 bits per heavy atom. The number of ether oxygens (including phenoxy) is 1. The van der Waals surface area contributed by atoms with Crippen molar-refractivity contribution in [1.82, 2.24) is 4.31 Å². The molecule has 0 saturated heterocycles. The molecule has 0 aliphatic carbocycles. The van der Waals surface area contributed by atoms with Gasteiger partial charge in [-0.25, -0.2) is 8.42 Å². The van der Waals surface area contributed by atoms with E-state index < -0.39 is 10.0 Å². The molecule has 1 aromatic carbocycles. The van der Waals surface area contributed by atoms with Crippen LogP contribution in [0.25, 0.3) is 0 Å². The van der Waals surface area contributed by atoms with Gasteiger partial charge >= 0.3 is 0 Å². The van der Waals surface area contributed by atoms with Crippen molar-refractivity contribution < 1.29 is 13.2 Å². The number of nitriles is 1. The van der Waals surface area contributed by atoms with Gasteiger partial charge in [0.05, 0.1) is 17.6 Å². The highest BCUT2D eigenvalue weighted by atomic mass is 35.5. The number of hydrogen-bond acceptors (Lipinski definition) is 4. The summed E-state index contributed by atoms with van der Waals surface area (Å²) in [5.41, 5.74) is 0.508. The molecule has 0 N–H and O–H groups in total. The van der Waals surface area contributed by atoms with Gasteiger partial charge in [0.15, 0.2) is 0 Å². The van der Waals surface area contributed by atoms with Crippen LogP contribution in [0.1, 0.15) is 12.0 Å². The van der Waals surface area contributed by atoms with Crippen LogP contribution in [0.5, 0.6) is 0 Å². The van der Waals surface area contributed by atoms with Crippen molar-refractivity contribution in [3.8, 4) is 6.07 Å². The molecule has 0 atom stereocenters. The number of benzene rings is 1. The van der Waals surface area contributed by atoms with E-state index in [0.717, 1.165) is 0 Å². The Balaban J connectivity index is 3.15. The first-order valence-corrected chi connectivity index (χ1v) is 7.88. The molecule has 1 aromatic rings. The number of methoxy groups -OCH3 is 1. The Labute approximate surface area is 124 Å². The van der Waals surface area contributed by atoms with Gasteiger partial charge in [-0.2, -0.15) is 9.57 Å². The highest BCUT2D eigenvalue weighted by Gasteiger charge is 2.26. The van der Waals surface area contributed by atoms with E-state index in [1.165, 1.54) is 17.5 Å². The first kappa shape index (κ1) is 16.9. The van der Waals surface area contributed by atoms with E-state index >= 15 is 0 Å². The monoisotopic (exact) mass is 316 g/mol. The minimum Gasteiger partial charge on any atom is -0.383 e. The van der Waals surface area contributed by atoms with Gasteiger partial charge in [-0.1, -0.05) is 17.7 Å². The van der Waals surface area contributed by atoms with Gasteiger partial charge in [-0.3, -0.25) is 0 Å². The number of hydrogen-bond donors (Lipinski definition) is 0. The normalized spacial score (nSPS) is 11.6. The maximum atomic E-state index is 12.6. The molecule has 0 aliphatic heterocycles. The summed E-state index contributed by atoms with van der Waals surface area (Å²) in [6.07, 6.45) is 0.128. The van der Waals surface area contributed by atoms with E-state index in [2.05, 4.69) is 0 Å². The van der Waals surface area contributed by atoms with Crippen molar-refractivity contribution in [2.45, 2.75) is 18.2 Å². The second kappa shape index (κ2) is 7.60. The molecule has 0 bridgehead atoms. The fourth-order valence-electron chi connectivity index (χ4n) is 1.73. The van der Waals surface area contributed by atoms with Gasteiger partial charge in [0, 0.05) is 31.6 Å². The largest absolute Gasteiger partial charge is 0.383 e. The van der Waals surface area contributed by atoms with Crippen molar-refractivity contribution in [1.29, 1.82) is 5.26 Å². The van der Waals surface area contributed by atoms with Gasteiger partial charge in [0.25, 0.3) is 0 Å². The van der Waals surface area contributed by atoms with Gasteiger partial charge in [-0.05, 0) is 24.6 Å². The first-order valence-electron chi connectivity index (χ1n) is 6.06. The number of sulfonamides is 1. The fourth-order valence-corrected chi connectivity index (χ4v) is 3.63. The summed E-state index contributed by atoms with van der Waals surface area (Å²) >= 11 is 5.97. The molecule has 20 heavy (non-hydrogen) atoms. The average molecular weight is 317 g/mol. The van der Waals surface area contributed by atoms with E-state index in [9.17, 15) is 8.42 Å². The van der Waals surface area contributed by atoms with Crippen LogP contribution < -0.4 is 0 Å². The second-order valence-corrected chi connectivity index (χ2v) is 6.48. The standard InChI is InChI=1S/C13H17ClN2O3S/c1-11-12(14)5-3-6-13(11)20(17,18)16(8-4-7-15)9-10-19-2/h3,5-6H,4,8-10H2,1-2H3. The van der Waals surface area contributed by atoms with Crippen molar-refractivity contribution >= 4 is 21.6 Å². The third-order valence-corrected chi connectivity index (χ3v) is 5.31. The van der Waals surface area contributed by atoms with Gasteiger partial charge in [0.2, 0.25) is 10.0 Å². The number of nitrogens with zero attached hydrogens (tertiary/aromatic N) is 2. The molecule has 0 amide bonds. The third kappa shape index (κ3) is 3.93. The predicted octanol–water partition coefficient (Wildman–Crippen LogP) is 2.20. The minimum atomic E-state index is -3.68. The van der Waals surface area contributed by atoms with E-state index in [-0.39, 0.29) is 31.0 Å². The zero-order valence-corrected chi connectivity index (χ0v) is 13.0. The van der Waals surface area contributed by atoms with Crippen LogP contribution in [0.4, 0.5) is 0 Å². The number of halogens is 1. The van der Waals surface area contributed by atoms with Gasteiger partial charge in [-0.15, -0.1) is 0 Å². The molecule has 0 aromatic heterocycles. The van der Waals surface area contributed by atoms with Crippen molar-refractivity contribution in [2.75, 3.05) is 26.8 Å². The molecule has 7 heteroatoms. The Bertz CT molecular complexity index is 596. The molecular formula is C13H17ClN2O3S. The summed E-state index contributed by atoms with van der Waals surface area (Å²) in [5, 5.41) is 9.05. The molecule has 0 heterocycles. The van der Waals surface area contributed by atoms with Crippen molar-refractivity contribution in [3.63, 3.8) is 0 Å². The molecule has 0 spiro atoms. The zero-order valence-electron chi connectivity index (χ0n) is 11.5. The van der Waals surface area contributed by atoms with E-state index in [1.807, 2.05) is 6.07 Å². The lowest BCUT2D eigenvalue weighted by atomic mass is 10.2. The predicted molar refractivity (Wildman–Crippen MR) is 77.1 cm³/mol. The van der Waals surface area contributed by atoms with Crippen LogP contribution in [0.15, 0.2) is 23.1 Å².